The number of nitrogens with zero attached hydrogens (tertiary/aromatic N) is 2. The zero-order chi connectivity index (χ0) is 13.3. The van der Waals surface area contributed by atoms with Gasteiger partial charge in [-0.3, -0.25) is 14.5 Å². The van der Waals surface area contributed by atoms with Gasteiger partial charge in [-0.1, -0.05) is 6.92 Å². The van der Waals surface area contributed by atoms with Gasteiger partial charge in [-0.15, -0.1) is 0 Å². The van der Waals surface area contributed by atoms with Crippen LogP contribution in [0.1, 0.15) is 26.7 Å². The first-order valence-electron chi connectivity index (χ1n) is 6.66. The lowest BCUT2D eigenvalue weighted by Gasteiger charge is -2.41. The number of methoxy groups -OCH3 is 1. The van der Waals surface area contributed by atoms with Crippen LogP contribution in [-0.2, 0) is 14.3 Å². The van der Waals surface area contributed by atoms with E-state index in [2.05, 4.69) is 11.8 Å². The Kier molecular flexibility index (Phi) is 3.90. The normalized spacial score (nSPS) is 27.8. The molecule has 0 N–H and O–H groups in total. The molecule has 0 aliphatic carbocycles. The summed E-state index contributed by atoms with van der Waals surface area (Å²) in [6.45, 7) is 6.50. The minimum absolute atomic E-state index is 0.126. The van der Waals surface area contributed by atoms with Crippen molar-refractivity contribution in [3.05, 3.63) is 0 Å². The quantitative estimate of drug-likeness (QED) is 0.688. The Hall–Kier alpha value is -1.10. The fourth-order valence-corrected chi connectivity index (χ4v) is 2.96. The van der Waals surface area contributed by atoms with Crippen LogP contribution >= 0.6 is 0 Å². The summed E-state index contributed by atoms with van der Waals surface area (Å²) in [7, 11) is 1.43. The molecule has 1 amide bonds. The molecule has 2 rings (SSSR count). The molecule has 18 heavy (non-hydrogen) atoms. The first-order chi connectivity index (χ1) is 8.54. The Morgan fingerprint density at radius 1 is 1.39 bits per heavy atom. The predicted molar refractivity (Wildman–Crippen MR) is 67.0 cm³/mol. The summed E-state index contributed by atoms with van der Waals surface area (Å²) in [6, 6.07) is 0.508. The second kappa shape index (κ2) is 5.26. The Labute approximate surface area is 108 Å². The van der Waals surface area contributed by atoms with E-state index in [1.54, 1.807) is 0 Å². The minimum atomic E-state index is -0.160. The van der Waals surface area contributed by atoms with E-state index in [1.807, 2.05) is 11.8 Å². The van der Waals surface area contributed by atoms with Crippen LogP contribution in [0.25, 0.3) is 0 Å². The van der Waals surface area contributed by atoms with Crippen LogP contribution in [0, 0.1) is 5.92 Å². The van der Waals surface area contributed by atoms with Crippen molar-refractivity contribution in [2.45, 2.75) is 38.8 Å². The van der Waals surface area contributed by atoms with E-state index in [9.17, 15) is 9.59 Å². The summed E-state index contributed by atoms with van der Waals surface area (Å²) in [5, 5.41) is 0. The number of hydrogen-bond donors (Lipinski definition) is 0. The van der Waals surface area contributed by atoms with E-state index in [-0.39, 0.29) is 23.8 Å². The van der Waals surface area contributed by atoms with E-state index in [1.165, 1.54) is 7.11 Å². The largest absolute Gasteiger partial charge is 0.469 e. The molecule has 2 fully saturated rings. The molecule has 2 aliphatic heterocycles. The molecule has 102 valence electrons. The lowest BCUT2D eigenvalue weighted by molar-refractivity contribution is -0.148. The fourth-order valence-electron chi connectivity index (χ4n) is 2.96. The highest BCUT2D eigenvalue weighted by molar-refractivity contribution is 5.79. The van der Waals surface area contributed by atoms with Crippen molar-refractivity contribution in [2.75, 3.05) is 26.7 Å². The summed E-state index contributed by atoms with van der Waals surface area (Å²) in [6.07, 6.45) is 1.63. The van der Waals surface area contributed by atoms with Gasteiger partial charge in [-0.25, -0.2) is 0 Å². The number of carbonyl (C=O) groups is 2. The SMILES string of the molecule is COC(=O)C(C)C(C)N1CCN2C(=O)CCC2C1. The lowest BCUT2D eigenvalue weighted by atomic mass is 10.00. The smallest absolute Gasteiger partial charge is 0.309 e. The first kappa shape index (κ1) is 13.3. The van der Waals surface area contributed by atoms with Crippen LogP contribution in [0.2, 0.25) is 0 Å². The third-order valence-corrected chi connectivity index (χ3v) is 4.40. The van der Waals surface area contributed by atoms with Gasteiger partial charge >= 0.3 is 5.97 Å². The van der Waals surface area contributed by atoms with Crippen LogP contribution in [0.5, 0.6) is 0 Å². The Morgan fingerprint density at radius 2 is 2.11 bits per heavy atom. The lowest BCUT2D eigenvalue weighted by Crippen LogP contribution is -2.55. The van der Waals surface area contributed by atoms with E-state index < -0.39 is 0 Å². The monoisotopic (exact) mass is 254 g/mol. The molecule has 0 aromatic rings. The predicted octanol–water partition coefficient (Wildman–Crippen LogP) is 0.491. The zero-order valence-corrected chi connectivity index (χ0v) is 11.4. The molecule has 3 atom stereocenters. The van der Waals surface area contributed by atoms with E-state index in [0.717, 1.165) is 26.1 Å². The molecule has 2 aliphatic rings. The van der Waals surface area contributed by atoms with E-state index >= 15 is 0 Å². The molecule has 2 heterocycles. The molecular weight excluding hydrogens is 232 g/mol. The first-order valence-corrected chi connectivity index (χ1v) is 6.66. The number of esters is 1. The topological polar surface area (TPSA) is 49.9 Å². The molecule has 5 heteroatoms. The highest BCUT2D eigenvalue weighted by Gasteiger charge is 2.38. The second-order valence-electron chi connectivity index (χ2n) is 5.33. The van der Waals surface area contributed by atoms with Crippen LogP contribution in [0.4, 0.5) is 0 Å². The molecule has 5 nitrogen and oxygen atoms in total. The summed E-state index contributed by atoms with van der Waals surface area (Å²) < 4.78 is 4.80. The van der Waals surface area contributed by atoms with Crippen molar-refractivity contribution >= 4 is 11.9 Å². The molecule has 0 radical (unpaired) electrons. The summed E-state index contributed by atoms with van der Waals surface area (Å²) in [4.78, 5) is 27.5. The molecular formula is C13H22N2O3. The highest BCUT2D eigenvalue weighted by Crippen LogP contribution is 2.25. The summed E-state index contributed by atoms with van der Waals surface area (Å²) in [5.74, 6) is -0.000554. The van der Waals surface area contributed by atoms with E-state index in [0.29, 0.717) is 12.5 Å². The molecule has 3 unspecified atom stereocenters. The van der Waals surface area contributed by atoms with Gasteiger partial charge < -0.3 is 9.64 Å². The number of piperazine rings is 1. The molecule has 0 aromatic carbocycles. The van der Waals surface area contributed by atoms with Gasteiger partial charge in [0.05, 0.1) is 13.0 Å². The maximum atomic E-state index is 11.6. The van der Waals surface area contributed by atoms with E-state index in [4.69, 9.17) is 4.74 Å². The maximum absolute atomic E-state index is 11.6. The van der Waals surface area contributed by atoms with Gasteiger partial charge in [0.1, 0.15) is 0 Å². The van der Waals surface area contributed by atoms with Gasteiger partial charge in [0.2, 0.25) is 5.91 Å². The van der Waals surface area contributed by atoms with Crippen molar-refractivity contribution in [3.63, 3.8) is 0 Å². The number of fused-ring (bicyclic) bond motifs is 1. The number of amides is 1. The average Bonchev–Trinajstić information content (AvgIpc) is 2.77. The van der Waals surface area contributed by atoms with Crippen molar-refractivity contribution in [2.24, 2.45) is 5.92 Å². The van der Waals surface area contributed by atoms with Crippen LogP contribution in [-0.4, -0.2) is 60.5 Å². The zero-order valence-electron chi connectivity index (χ0n) is 11.4. The molecule has 0 spiro atoms. The summed E-state index contributed by atoms with van der Waals surface area (Å²) >= 11 is 0. The van der Waals surface area contributed by atoms with Crippen molar-refractivity contribution in [1.29, 1.82) is 0 Å². The van der Waals surface area contributed by atoms with Gasteiger partial charge in [-0.2, -0.15) is 0 Å². The van der Waals surface area contributed by atoms with Gasteiger partial charge in [0.15, 0.2) is 0 Å². The van der Waals surface area contributed by atoms with Gasteiger partial charge in [-0.05, 0) is 13.3 Å². The summed E-state index contributed by atoms with van der Waals surface area (Å²) in [5.41, 5.74) is 0. The van der Waals surface area contributed by atoms with Gasteiger partial charge in [0.25, 0.3) is 0 Å². The average molecular weight is 254 g/mol. The maximum Gasteiger partial charge on any atom is 0.309 e. The Morgan fingerprint density at radius 3 is 2.78 bits per heavy atom. The fraction of sp³-hybridized carbons (Fsp3) is 0.846. The molecule has 0 aromatic heterocycles. The number of ether oxygens (including phenoxy) is 1. The standard InChI is InChI=1S/C13H22N2O3/c1-9(13(17)18-3)10(2)14-6-7-15-11(8-14)4-5-12(15)16/h9-11H,4-8H2,1-3H3. The number of hydrogen-bond acceptors (Lipinski definition) is 4. The van der Waals surface area contributed by atoms with Crippen LogP contribution in [0.3, 0.4) is 0 Å². The van der Waals surface area contributed by atoms with Gasteiger partial charge in [0, 0.05) is 38.1 Å². The van der Waals surface area contributed by atoms with Crippen molar-refractivity contribution in [1.82, 2.24) is 9.80 Å². The minimum Gasteiger partial charge on any atom is -0.469 e. The Bertz CT molecular complexity index is 345. The second-order valence-corrected chi connectivity index (χ2v) is 5.33. The number of carbonyl (C=O) groups excluding carboxylic acids is 2. The number of rotatable bonds is 3. The molecule has 0 saturated carbocycles. The van der Waals surface area contributed by atoms with Crippen LogP contribution in [0.15, 0.2) is 0 Å². The Balaban J connectivity index is 1.95. The third kappa shape index (κ3) is 2.36. The van der Waals surface area contributed by atoms with Crippen molar-refractivity contribution < 1.29 is 14.3 Å². The van der Waals surface area contributed by atoms with Crippen LogP contribution < -0.4 is 0 Å². The molecule has 2 saturated heterocycles. The molecule has 0 bridgehead atoms. The third-order valence-electron chi connectivity index (χ3n) is 4.40. The van der Waals surface area contributed by atoms with Crippen molar-refractivity contribution in [3.8, 4) is 0 Å². The highest BCUT2D eigenvalue weighted by atomic mass is 16.5.